The first-order valence-electron chi connectivity index (χ1n) is 6.63. The summed E-state index contributed by atoms with van der Waals surface area (Å²) in [5.74, 6) is 2.72. The first-order valence-corrected chi connectivity index (χ1v) is 7.61. The topological polar surface area (TPSA) is 51.0 Å². The van der Waals surface area contributed by atoms with Crippen LogP contribution in [0.1, 0.15) is 30.5 Å². The molecule has 4 nitrogen and oxygen atoms in total. The van der Waals surface area contributed by atoms with Crippen molar-refractivity contribution in [3.63, 3.8) is 0 Å². The van der Waals surface area contributed by atoms with Crippen molar-refractivity contribution in [3.8, 4) is 0 Å². The Balaban J connectivity index is 1.58. The maximum Gasteiger partial charge on any atom is 0.231 e. The van der Waals surface area contributed by atoms with Crippen LogP contribution in [0.5, 0.6) is 0 Å². The highest BCUT2D eigenvalue weighted by Gasteiger charge is 2.21. The summed E-state index contributed by atoms with van der Waals surface area (Å²) >= 11 is 1.73. The van der Waals surface area contributed by atoms with Crippen molar-refractivity contribution < 1.29 is 4.52 Å². The number of piperidine rings is 1. The molecule has 0 aliphatic carbocycles. The summed E-state index contributed by atoms with van der Waals surface area (Å²) in [4.78, 5) is 5.74. The molecule has 2 heterocycles. The standard InChI is InChI=1S/C14H17N3OS/c1-2-6-12(7-3-1)19-10-13-16-14(18-17-13)11-5-4-8-15-9-11/h1-3,6-7,11,15H,4-5,8-10H2/t11-/m0/s1. The third kappa shape index (κ3) is 3.36. The molecule has 1 aromatic carbocycles. The number of nitrogens with zero attached hydrogens (tertiary/aromatic N) is 2. The molecular formula is C14H17N3OS. The minimum atomic E-state index is 0.386. The number of aromatic nitrogens is 2. The van der Waals surface area contributed by atoms with Crippen LogP contribution in [-0.4, -0.2) is 23.2 Å². The zero-order valence-electron chi connectivity index (χ0n) is 10.7. The van der Waals surface area contributed by atoms with Gasteiger partial charge in [-0.1, -0.05) is 23.4 Å². The van der Waals surface area contributed by atoms with E-state index in [1.807, 2.05) is 18.2 Å². The second kappa shape index (κ2) is 6.21. The first-order chi connectivity index (χ1) is 9.42. The summed E-state index contributed by atoms with van der Waals surface area (Å²) in [5, 5.41) is 7.44. The van der Waals surface area contributed by atoms with Gasteiger partial charge in [0.25, 0.3) is 0 Å². The highest BCUT2D eigenvalue weighted by atomic mass is 32.2. The Bertz CT molecular complexity index is 508. The Morgan fingerprint density at radius 2 is 2.21 bits per heavy atom. The van der Waals surface area contributed by atoms with Gasteiger partial charge in [-0.2, -0.15) is 4.98 Å². The molecule has 0 spiro atoms. The van der Waals surface area contributed by atoms with E-state index in [2.05, 4.69) is 27.6 Å². The Kier molecular flexibility index (Phi) is 4.15. The lowest BCUT2D eigenvalue weighted by Gasteiger charge is -2.18. The molecule has 1 aliphatic heterocycles. The molecule has 5 heteroatoms. The highest BCUT2D eigenvalue weighted by molar-refractivity contribution is 7.98. The number of hydrogen-bond acceptors (Lipinski definition) is 5. The van der Waals surface area contributed by atoms with Crippen molar-refractivity contribution in [2.75, 3.05) is 13.1 Å². The maximum atomic E-state index is 5.38. The number of thioether (sulfide) groups is 1. The summed E-state index contributed by atoms with van der Waals surface area (Å²) in [6, 6.07) is 10.3. The Labute approximate surface area is 117 Å². The van der Waals surface area contributed by atoms with Crippen LogP contribution >= 0.6 is 11.8 Å². The summed E-state index contributed by atoms with van der Waals surface area (Å²) in [5.41, 5.74) is 0. The lowest BCUT2D eigenvalue weighted by Crippen LogP contribution is -2.28. The van der Waals surface area contributed by atoms with E-state index in [0.717, 1.165) is 37.0 Å². The van der Waals surface area contributed by atoms with E-state index in [9.17, 15) is 0 Å². The third-order valence-electron chi connectivity index (χ3n) is 3.24. The second-order valence-electron chi connectivity index (χ2n) is 4.69. The van der Waals surface area contributed by atoms with Crippen LogP contribution in [0.25, 0.3) is 0 Å². The predicted octanol–water partition coefficient (Wildman–Crippen LogP) is 2.83. The molecule has 1 N–H and O–H groups in total. The minimum absolute atomic E-state index is 0.386. The van der Waals surface area contributed by atoms with Gasteiger partial charge in [-0.25, -0.2) is 0 Å². The fourth-order valence-electron chi connectivity index (χ4n) is 2.22. The number of rotatable bonds is 4. The monoisotopic (exact) mass is 275 g/mol. The van der Waals surface area contributed by atoms with E-state index >= 15 is 0 Å². The average molecular weight is 275 g/mol. The highest BCUT2D eigenvalue weighted by Crippen LogP contribution is 2.24. The zero-order chi connectivity index (χ0) is 12.9. The molecule has 3 rings (SSSR count). The molecule has 19 heavy (non-hydrogen) atoms. The van der Waals surface area contributed by atoms with Crippen LogP contribution in [0.3, 0.4) is 0 Å². The van der Waals surface area contributed by atoms with Gasteiger partial charge >= 0.3 is 0 Å². The van der Waals surface area contributed by atoms with E-state index < -0.39 is 0 Å². The first kappa shape index (κ1) is 12.7. The molecule has 0 bridgehead atoms. The van der Waals surface area contributed by atoms with Crippen LogP contribution in [0.15, 0.2) is 39.8 Å². The van der Waals surface area contributed by atoms with Gasteiger partial charge in [0.2, 0.25) is 5.89 Å². The third-order valence-corrected chi connectivity index (χ3v) is 4.25. The molecule has 1 fully saturated rings. The van der Waals surface area contributed by atoms with Crippen molar-refractivity contribution in [1.82, 2.24) is 15.5 Å². The Hall–Kier alpha value is -1.33. The van der Waals surface area contributed by atoms with Gasteiger partial charge in [-0.05, 0) is 31.5 Å². The summed E-state index contributed by atoms with van der Waals surface area (Å²) in [7, 11) is 0. The molecule has 1 aliphatic rings. The summed E-state index contributed by atoms with van der Waals surface area (Å²) in [6.07, 6.45) is 2.32. The molecule has 0 unspecified atom stereocenters. The van der Waals surface area contributed by atoms with Crippen LogP contribution in [0.2, 0.25) is 0 Å². The van der Waals surface area contributed by atoms with E-state index in [0.29, 0.717) is 5.92 Å². The van der Waals surface area contributed by atoms with Crippen molar-refractivity contribution in [1.29, 1.82) is 0 Å². The Morgan fingerprint density at radius 1 is 1.32 bits per heavy atom. The van der Waals surface area contributed by atoms with Crippen molar-refractivity contribution >= 4 is 11.8 Å². The van der Waals surface area contributed by atoms with Crippen molar-refractivity contribution in [2.45, 2.75) is 29.4 Å². The largest absolute Gasteiger partial charge is 0.339 e. The number of benzene rings is 1. The minimum Gasteiger partial charge on any atom is -0.339 e. The van der Waals surface area contributed by atoms with Gasteiger partial charge < -0.3 is 9.84 Å². The number of hydrogen-bond donors (Lipinski definition) is 1. The fraction of sp³-hybridized carbons (Fsp3) is 0.429. The Morgan fingerprint density at radius 3 is 3.00 bits per heavy atom. The van der Waals surface area contributed by atoms with Crippen LogP contribution in [-0.2, 0) is 5.75 Å². The molecule has 2 aromatic rings. The quantitative estimate of drug-likeness (QED) is 0.870. The molecule has 0 amide bonds. The van der Waals surface area contributed by atoms with Gasteiger partial charge in [0.15, 0.2) is 5.82 Å². The van der Waals surface area contributed by atoms with Gasteiger partial charge in [-0.15, -0.1) is 11.8 Å². The van der Waals surface area contributed by atoms with Crippen LogP contribution < -0.4 is 5.32 Å². The van der Waals surface area contributed by atoms with Gasteiger partial charge in [0.1, 0.15) is 0 Å². The zero-order valence-corrected chi connectivity index (χ0v) is 11.5. The predicted molar refractivity (Wildman–Crippen MR) is 75.1 cm³/mol. The molecular weight excluding hydrogens is 258 g/mol. The van der Waals surface area contributed by atoms with E-state index in [1.54, 1.807) is 11.8 Å². The van der Waals surface area contributed by atoms with Crippen molar-refractivity contribution in [2.24, 2.45) is 0 Å². The molecule has 0 radical (unpaired) electrons. The maximum absolute atomic E-state index is 5.38. The average Bonchev–Trinajstić information content (AvgIpc) is 2.96. The molecule has 1 saturated heterocycles. The smallest absolute Gasteiger partial charge is 0.231 e. The van der Waals surface area contributed by atoms with Gasteiger partial charge in [-0.3, -0.25) is 0 Å². The fourth-order valence-corrected chi connectivity index (χ4v) is 2.98. The normalized spacial score (nSPS) is 19.5. The lowest BCUT2D eigenvalue weighted by atomic mass is 10.00. The number of nitrogens with one attached hydrogen (secondary N) is 1. The lowest BCUT2D eigenvalue weighted by molar-refractivity contribution is 0.320. The second-order valence-corrected chi connectivity index (χ2v) is 5.74. The van der Waals surface area contributed by atoms with Crippen molar-refractivity contribution in [3.05, 3.63) is 42.0 Å². The van der Waals surface area contributed by atoms with E-state index in [4.69, 9.17) is 4.52 Å². The van der Waals surface area contributed by atoms with E-state index in [1.165, 1.54) is 11.3 Å². The SMILES string of the molecule is c1ccc(SCc2noc([C@H]3CCCNC3)n2)cc1. The molecule has 1 atom stereocenters. The molecule has 1 aromatic heterocycles. The molecule has 100 valence electrons. The summed E-state index contributed by atoms with van der Waals surface area (Å²) in [6.45, 7) is 2.05. The summed E-state index contributed by atoms with van der Waals surface area (Å²) < 4.78 is 5.38. The van der Waals surface area contributed by atoms with Gasteiger partial charge in [0.05, 0.1) is 11.7 Å². The van der Waals surface area contributed by atoms with Gasteiger partial charge in [0, 0.05) is 11.4 Å². The van der Waals surface area contributed by atoms with Crippen LogP contribution in [0, 0.1) is 0 Å². The van der Waals surface area contributed by atoms with E-state index in [-0.39, 0.29) is 0 Å². The van der Waals surface area contributed by atoms with Crippen LogP contribution in [0.4, 0.5) is 0 Å². The molecule has 0 saturated carbocycles.